The summed E-state index contributed by atoms with van der Waals surface area (Å²) in [5.74, 6) is -1.34. The second kappa shape index (κ2) is 2.73. The summed E-state index contributed by atoms with van der Waals surface area (Å²) < 4.78 is 17.9. The number of primary amides is 1. The van der Waals surface area contributed by atoms with Crippen molar-refractivity contribution in [1.82, 2.24) is 0 Å². The maximum Gasteiger partial charge on any atom is 0.286 e. The number of amides is 1. The zero-order valence-electron chi connectivity index (χ0n) is 7.08. The second-order valence-electron chi connectivity index (χ2n) is 2.85. The molecule has 1 amide bonds. The highest BCUT2D eigenvalue weighted by atomic mass is 19.1. The first-order valence-corrected chi connectivity index (χ1v) is 3.87. The van der Waals surface area contributed by atoms with Gasteiger partial charge in [-0.2, -0.15) is 0 Å². The number of anilines is 1. The van der Waals surface area contributed by atoms with Gasteiger partial charge in [-0.25, -0.2) is 4.39 Å². The molecule has 2 rings (SSSR count). The van der Waals surface area contributed by atoms with Gasteiger partial charge < -0.3 is 15.9 Å². The van der Waals surface area contributed by atoms with E-state index in [1.165, 1.54) is 18.2 Å². The summed E-state index contributed by atoms with van der Waals surface area (Å²) in [6.45, 7) is 0. The van der Waals surface area contributed by atoms with Gasteiger partial charge in [0.05, 0.1) is 5.69 Å². The number of hydrogen-bond donors (Lipinski definition) is 2. The third-order valence-corrected chi connectivity index (χ3v) is 1.91. The summed E-state index contributed by atoms with van der Waals surface area (Å²) in [7, 11) is 0. The molecule has 4 nitrogen and oxygen atoms in total. The number of carbonyl (C=O) groups excluding carboxylic acids is 1. The molecule has 0 unspecified atom stereocenters. The van der Waals surface area contributed by atoms with Crippen molar-refractivity contribution in [2.24, 2.45) is 5.73 Å². The number of carbonyl (C=O) groups is 1. The first kappa shape index (κ1) is 8.55. The van der Waals surface area contributed by atoms with E-state index >= 15 is 0 Å². The Kier molecular flexibility index (Phi) is 1.67. The van der Waals surface area contributed by atoms with E-state index in [0.29, 0.717) is 11.0 Å². The first-order chi connectivity index (χ1) is 6.59. The van der Waals surface area contributed by atoms with Gasteiger partial charge in [0.15, 0.2) is 0 Å². The van der Waals surface area contributed by atoms with Crippen LogP contribution in [0, 0.1) is 5.82 Å². The number of benzene rings is 1. The molecule has 0 radical (unpaired) electrons. The average molecular weight is 194 g/mol. The molecule has 0 fully saturated rings. The van der Waals surface area contributed by atoms with Crippen molar-refractivity contribution < 1.29 is 13.6 Å². The van der Waals surface area contributed by atoms with Gasteiger partial charge in [-0.15, -0.1) is 0 Å². The van der Waals surface area contributed by atoms with Crippen LogP contribution < -0.4 is 11.5 Å². The molecule has 0 aliphatic heterocycles. The van der Waals surface area contributed by atoms with E-state index in [4.69, 9.17) is 15.9 Å². The van der Waals surface area contributed by atoms with Gasteiger partial charge in [0.2, 0.25) is 5.76 Å². The molecule has 0 aliphatic carbocycles. The Morgan fingerprint density at radius 2 is 2.14 bits per heavy atom. The van der Waals surface area contributed by atoms with Gasteiger partial charge >= 0.3 is 0 Å². The van der Waals surface area contributed by atoms with Crippen LogP contribution in [0.15, 0.2) is 22.6 Å². The SMILES string of the molecule is NC(=O)c1oc2ccc(F)cc2c1N. The molecule has 0 bridgehead atoms. The zero-order valence-corrected chi connectivity index (χ0v) is 7.08. The molecule has 0 atom stereocenters. The Balaban J connectivity index is 2.80. The Labute approximate surface area is 78.3 Å². The molecule has 0 aliphatic rings. The van der Waals surface area contributed by atoms with Gasteiger partial charge in [-0.3, -0.25) is 4.79 Å². The van der Waals surface area contributed by atoms with Crippen LogP contribution in [0.1, 0.15) is 10.6 Å². The summed E-state index contributed by atoms with van der Waals surface area (Å²) in [6.07, 6.45) is 0. The average Bonchev–Trinajstić information content (AvgIpc) is 2.44. The van der Waals surface area contributed by atoms with E-state index in [1.807, 2.05) is 0 Å². The lowest BCUT2D eigenvalue weighted by atomic mass is 10.2. The number of nitrogen functional groups attached to an aromatic ring is 1. The van der Waals surface area contributed by atoms with E-state index in [0.717, 1.165) is 0 Å². The molecule has 1 heterocycles. The minimum atomic E-state index is -0.765. The molecule has 1 aromatic carbocycles. The maximum atomic E-state index is 12.8. The van der Waals surface area contributed by atoms with Crippen LogP contribution >= 0.6 is 0 Å². The fraction of sp³-hybridized carbons (Fsp3) is 0. The zero-order chi connectivity index (χ0) is 10.3. The van der Waals surface area contributed by atoms with Crippen LogP contribution in [0.25, 0.3) is 11.0 Å². The van der Waals surface area contributed by atoms with Gasteiger partial charge in [0, 0.05) is 5.39 Å². The van der Waals surface area contributed by atoms with Crippen molar-refractivity contribution in [3.05, 3.63) is 29.8 Å². The van der Waals surface area contributed by atoms with E-state index in [-0.39, 0.29) is 11.4 Å². The summed E-state index contributed by atoms with van der Waals surface area (Å²) in [5, 5.41) is 0.360. The number of fused-ring (bicyclic) bond motifs is 1. The Morgan fingerprint density at radius 3 is 2.79 bits per heavy atom. The topological polar surface area (TPSA) is 82.2 Å². The highest BCUT2D eigenvalue weighted by Crippen LogP contribution is 2.28. The lowest BCUT2D eigenvalue weighted by molar-refractivity contribution is 0.0977. The molecule has 0 spiro atoms. The highest BCUT2D eigenvalue weighted by molar-refractivity contribution is 6.04. The molecular formula is C9H7FN2O2. The van der Waals surface area contributed by atoms with Crippen molar-refractivity contribution in [2.75, 3.05) is 5.73 Å². The molecule has 0 saturated heterocycles. The molecule has 2 aromatic rings. The lowest BCUT2D eigenvalue weighted by Crippen LogP contribution is -2.11. The van der Waals surface area contributed by atoms with Gasteiger partial charge in [-0.05, 0) is 18.2 Å². The van der Waals surface area contributed by atoms with E-state index in [2.05, 4.69) is 0 Å². The van der Waals surface area contributed by atoms with E-state index < -0.39 is 11.7 Å². The monoisotopic (exact) mass is 194 g/mol. The maximum absolute atomic E-state index is 12.8. The van der Waals surface area contributed by atoms with Crippen LogP contribution in [0.5, 0.6) is 0 Å². The number of hydrogen-bond acceptors (Lipinski definition) is 3. The van der Waals surface area contributed by atoms with Gasteiger partial charge in [0.1, 0.15) is 11.4 Å². The van der Waals surface area contributed by atoms with Gasteiger partial charge in [0.25, 0.3) is 5.91 Å². The van der Waals surface area contributed by atoms with Crippen molar-refractivity contribution in [1.29, 1.82) is 0 Å². The van der Waals surface area contributed by atoms with Crippen molar-refractivity contribution >= 4 is 22.6 Å². The van der Waals surface area contributed by atoms with Crippen molar-refractivity contribution in [2.45, 2.75) is 0 Å². The first-order valence-electron chi connectivity index (χ1n) is 3.87. The number of nitrogens with two attached hydrogens (primary N) is 2. The molecule has 72 valence electrons. The fourth-order valence-corrected chi connectivity index (χ4v) is 1.27. The van der Waals surface area contributed by atoms with Crippen LogP contribution in [0.4, 0.5) is 10.1 Å². The molecule has 0 saturated carbocycles. The molecule has 14 heavy (non-hydrogen) atoms. The van der Waals surface area contributed by atoms with Crippen molar-refractivity contribution in [3.63, 3.8) is 0 Å². The van der Waals surface area contributed by atoms with Crippen LogP contribution in [0.2, 0.25) is 0 Å². The second-order valence-corrected chi connectivity index (χ2v) is 2.85. The smallest absolute Gasteiger partial charge is 0.286 e. The summed E-state index contributed by atoms with van der Waals surface area (Å²) in [4.78, 5) is 10.8. The minimum Gasteiger partial charge on any atom is -0.449 e. The predicted molar refractivity (Wildman–Crippen MR) is 49.1 cm³/mol. The normalized spacial score (nSPS) is 10.6. The largest absolute Gasteiger partial charge is 0.449 e. The summed E-state index contributed by atoms with van der Waals surface area (Å²) >= 11 is 0. The number of halogens is 1. The lowest BCUT2D eigenvalue weighted by Gasteiger charge is -1.89. The fourth-order valence-electron chi connectivity index (χ4n) is 1.27. The van der Waals surface area contributed by atoms with E-state index in [1.54, 1.807) is 0 Å². The van der Waals surface area contributed by atoms with Crippen molar-refractivity contribution in [3.8, 4) is 0 Å². The Morgan fingerprint density at radius 1 is 1.43 bits per heavy atom. The molecule has 4 N–H and O–H groups in total. The quantitative estimate of drug-likeness (QED) is 0.716. The standard InChI is InChI=1S/C9H7FN2O2/c10-4-1-2-6-5(3-4)7(11)8(14-6)9(12)13/h1-3H,11H2,(H2,12,13). The minimum absolute atomic E-state index is 0.0759. The van der Waals surface area contributed by atoms with E-state index in [9.17, 15) is 9.18 Å². The molecular weight excluding hydrogens is 187 g/mol. The molecule has 5 heteroatoms. The highest BCUT2D eigenvalue weighted by Gasteiger charge is 2.15. The summed E-state index contributed by atoms with van der Waals surface area (Å²) in [5.41, 5.74) is 11.0. The summed E-state index contributed by atoms with van der Waals surface area (Å²) in [6, 6.07) is 3.81. The third kappa shape index (κ3) is 1.10. The van der Waals surface area contributed by atoms with Crippen LogP contribution in [-0.4, -0.2) is 5.91 Å². The Hall–Kier alpha value is -2.04. The number of rotatable bonds is 1. The van der Waals surface area contributed by atoms with Gasteiger partial charge in [-0.1, -0.05) is 0 Å². The van der Waals surface area contributed by atoms with Crippen LogP contribution in [0.3, 0.4) is 0 Å². The third-order valence-electron chi connectivity index (χ3n) is 1.91. The predicted octanol–water partition coefficient (Wildman–Crippen LogP) is 1.25. The number of furan rings is 1. The van der Waals surface area contributed by atoms with Crippen LogP contribution in [-0.2, 0) is 0 Å². The molecule has 1 aromatic heterocycles. The Bertz CT molecular complexity index is 519.